The maximum absolute atomic E-state index is 4.11. The molecule has 0 atom stereocenters. The van der Waals surface area contributed by atoms with Crippen molar-refractivity contribution in [2.75, 3.05) is 0 Å². The molecule has 0 unspecified atom stereocenters. The molecule has 0 amide bonds. The van der Waals surface area contributed by atoms with Gasteiger partial charge in [0.25, 0.3) is 0 Å². The Morgan fingerprint density at radius 2 is 2.18 bits per heavy atom. The fourth-order valence-electron chi connectivity index (χ4n) is 0.961. The predicted molar refractivity (Wildman–Crippen MR) is 49.8 cm³/mol. The van der Waals surface area contributed by atoms with E-state index in [2.05, 4.69) is 18.0 Å². The van der Waals surface area contributed by atoms with Crippen LogP contribution in [0.4, 0.5) is 0 Å². The highest BCUT2D eigenvalue weighted by molar-refractivity contribution is 5.79. The van der Waals surface area contributed by atoms with E-state index in [4.69, 9.17) is 0 Å². The van der Waals surface area contributed by atoms with Crippen molar-refractivity contribution in [3.8, 4) is 0 Å². The molecule has 0 saturated heterocycles. The van der Waals surface area contributed by atoms with E-state index in [1.54, 1.807) is 6.20 Å². The third-order valence-electron chi connectivity index (χ3n) is 1.48. The van der Waals surface area contributed by atoms with E-state index in [0.717, 1.165) is 6.42 Å². The van der Waals surface area contributed by atoms with Crippen molar-refractivity contribution in [2.24, 2.45) is 4.99 Å². The average Bonchev–Trinajstić information content (AvgIpc) is 1.94. The van der Waals surface area contributed by atoms with Crippen LogP contribution in [0.25, 0.3) is 0 Å². The van der Waals surface area contributed by atoms with Gasteiger partial charge in [0.1, 0.15) is 0 Å². The number of rotatable bonds is 2. The van der Waals surface area contributed by atoms with E-state index in [1.807, 2.05) is 24.4 Å². The SMILES string of the molecule is CCCC1=C/C=C\C=C/N=C\1. The highest BCUT2D eigenvalue weighted by atomic mass is 14.7. The van der Waals surface area contributed by atoms with Crippen molar-refractivity contribution in [1.82, 2.24) is 0 Å². The highest BCUT2D eigenvalue weighted by Crippen LogP contribution is 2.03. The summed E-state index contributed by atoms with van der Waals surface area (Å²) < 4.78 is 0. The largest absolute Gasteiger partial charge is 0.264 e. The molecule has 0 saturated carbocycles. The normalized spacial score (nSPS) is 29.4. The first-order chi connectivity index (χ1) is 5.43. The van der Waals surface area contributed by atoms with Crippen molar-refractivity contribution < 1.29 is 0 Å². The van der Waals surface area contributed by atoms with Crippen LogP contribution >= 0.6 is 0 Å². The first-order valence-electron chi connectivity index (χ1n) is 3.99. The van der Waals surface area contributed by atoms with Gasteiger partial charge in [-0.05, 0) is 18.1 Å². The third kappa shape index (κ3) is 2.99. The Balaban J connectivity index is 2.62. The Morgan fingerprint density at radius 3 is 3.00 bits per heavy atom. The second-order valence-electron chi connectivity index (χ2n) is 2.50. The van der Waals surface area contributed by atoms with E-state index in [9.17, 15) is 0 Å². The molecule has 0 fully saturated rings. The van der Waals surface area contributed by atoms with E-state index in [-0.39, 0.29) is 0 Å². The molecule has 0 radical (unpaired) electrons. The van der Waals surface area contributed by atoms with Crippen LogP contribution < -0.4 is 0 Å². The van der Waals surface area contributed by atoms with Gasteiger partial charge in [-0.15, -0.1) is 0 Å². The van der Waals surface area contributed by atoms with Gasteiger partial charge in [0.2, 0.25) is 0 Å². The number of aliphatic imine (C=N–C) groups is 1. The molecule has 1 aliphatic heterocycles. The van der Waals surface area contributed by atoms with Crippen molar-refractivity contribution in [2.45, 2.75) is 19.8 Å². The van der Waals surface area contributed by atoms with E-state index in [0.29, 0.717) is 0 Å². The Bertz CT molecular complexity index is 219. The molecular formula is C10H13N. The lowest BCUT2D eigenvalue weighted by Gasteiger charge is -1.96. The summed E-state index contributed by atoms with van der Waals surface area (Å²) in [7, 11) is 0. The molecule has 0 spiro atoms. The number of hydrogen-bond donors (Lipinski definition) is 0. The fourth-order valence-corrected chi connectivity index (χ4v) is 0.961. The molecule has 58 valence electrons. The fraction of sp³-hybridized carbons (Fsp3) is 0.300. The highest BCUT2D eigenvalue weighted by Gasteiger charge is 1.89. The zero-order chi connectivity index (χ0) is 7.94. The standard InChI is InChI=1S/C10H13N/c1-2-6-10-7-4-3-5-8-11-9-10/h3-5,7-9H,2,6H2,1H3/b4-3-,5-3?,7-4?,8-5-,10-7-,10-9?,11-8?,11-9-. The van der Waals surface area contributed by atoms with Crippen LogP contribution in [-0.2, 0) is 0 Å². The molecule has 1 rings (SSSR count). The Labute approximate surface area is 67.8 Å². The molecular weight excluding hydrogens is 134 g/mol. The lowest BCUT2D eigenvalue weighted by atomic mass is 10.1. The summed E-state index contributed by atoms with van der Waals surface area (Å²) in [5.41, 5.74) is 1.30. The minimum absolute atomic E-state index is 1.11. The van der Waals surface area contributed by atoms with Gasteiger partial charge in [-0.3, -0.25) is 4.99 Å². The van der Waals surface area contributed by atoms with Gasteiger partial charge in [0.15, 0.2) is 0 Å². The molecule has 0 bridgehead atoms. The van der Waals surface area contributed by atoms with Gasteiger partial charge in [-0.1, -0.05) is 31.6 Å². The second kappa shape index (κ2) is 4.67. The molecule has 0 N–H and O–H groups in total. The van der Waals surface area contributed by atoms with Gasteiger partial charge in [0, 0.05) is 12.4 Å². The molecule has 0 aliphatic carbocycles. The van der Waals surface area contributed by atoms with Crippen LogP contribution in [0.15, 0.2) is 41.1 Å². The lowest BCUT2D eigenvalue weighted by Crippen LogP contribution is -1.83. The van der Waals surface area contributed by atoms with Gasteiger partial charge < -0.3 is 0 Å². The Morgan fingerprint density at radius 1 is 1.27 bits per heavy atom. The number of allylic oxidation sites excluding steroid dienone is 5. The number of nitrogens with zero attached hydrogens (tertiary/aromatic N) is 1. The molecule has 1 heterocycles. The van der Waals surface area contributed by atoms with Gasteiger partial charge in [0.05, 0.1) is 0 Å². The minimum atomic E-state index is 1.11. The monoisotopic (exact) mass is 147 g/mol. The Hall–Kier alpha value is -1.11. The van der Waals surface area contributed by atoms with Crippen LogP contribution in [0, 0.1) is 0 Å². The minimum Gasteiger partial charge on any atom is -0.264 e. The zero-order valence-electron chi connectivity index (χ0n) is 6.83. The summed E-state index contributed by atoms with van der Waals surface area (Å²) in [4.78, 5) is 4.11. The summed E-state index contributed by atoms with van der Waals surface area (Å²) in [6.45, 7) is 2.17. The summed E-state index contributed by atoms with van der Waals surface area (Å²) >= 11 is 0. The van der Waals surface area contributed by atoms with E-state index < -0.39 is 0 Å². The van der Waals surface area contributed by atoms with Gasteiger partial charge >= 0.3 is 0 Å². The molecule has 1 nitrogen and oxygen atoms in total. The predicted octanol–water partition coefficient (Wildman–Crippen LogP) is 2.87. The lowest BCUT2D eigenvalue weighted by molar-refractivity contribution is 0.939. The van der Waals surface area contributed by atoms with Crippen molar-refractivity contribution in [3.63, 3.8) is 0 Å². The topological polar surface area (TPSA) is 12.4 Å². The smallest absolute Gasteiger partial charge is 0.0299 e. The molecule has 0 aromatic heterocycles. The maximum atomic E-state index is 4.11. The summed E-state index contributed by atoms with van der Waals surface area (Å²) in [6.07, 6.45) is 14.1. The first-order valence-corrected chi connectivity index (χ1v) is 3.99. The molecule has 0 aromatic carbocycles. The van der Waals surface area contributed by atoms with Crippen LogP contribution in [0.5, 0.6) is 0 Å². The zero-order valence-corrected chi connectivity index (χ0v) is 6.83. The average molecular weight is 147 g/mol. The first kappa shape index (κ1) is 7.99. The third-order valence-corrected chi connectivity index (χ3v) is 1.48. The van der Waals surface area contributed by atoms with Crippen LogP contribution in [0.2, 0.25) is 0 Å². The van der Waals surface area contributed by atoms with E-state index in [1.165, 1.54) is 12.0 Å². The second-order valence-corrected chi connectivity index (χ2v) is 2.50. The van der Waals surface area contributed by atoms with Crippen LogP contribution in [0.3, 0.4) is 0 Å². The van der Waals surface area contributed by atoms with Crippen molar-refractivity contribution in [1.29, 1.82) is 0 Å². The summed E-state index contributed by atoms with van der Waals surface area (Å²) in [5.74, 6) is 0. The van der Waals surface area contributed by atoms with E-state index >= 15 is 0 Å². The number of hydrogen-bond acceptors (Lipinski definition) is 1. The molecule has 0 aromatic rings. The summed E-state index contributed by atoms with van der Waals surface area (Å²) in [5, 5.41) is 0. The molecule has 1 aliphatic rings. The van der Waals surface area contributed by atoms with Gasteiger partial charge in [-0.2, -0.15) is 0 Å². The summed E-state index contributed by atoms with van der Waals surface area (Å²) in [6, 6.07) is 0. The van der Waals surface area contributed by atoms with Crippen molar-refractivity contribution in [3.05, 3.63) is 36.1 Å². The van der Waals surface area contributed by atoms with Crippen molar-refractivity contribution >= 4 is 6.21 Å². The maximum Gasteiger partial charge on any atom is 0.0299 e. The Kier molecular flexibility index (Phi) is 3.39. The molecule has 1 heteroatoms. The van der Waals surface area contributed by atoms with Gasteiger partial charge in [-0.25, -0.2) is 0 Å². The van der Waals surface area contributed by atoms with Crippen LogP contribution in [0.1, 0.15) is 19.8 Å². The molecule has 11 heavy (non-hydrogen) atoms. The quantitative estimate of drug-likeness (QED) is 0.569. The van der Waals surface area contributed by atoms with Crippen LogP contribution in [-0.4, -0.2) is 6.21 Å².